The quantitative estimate of drug-likeness (QED) is 0.0433. The molecule has 0 spiro atoms. The third-order valence-corrected chi connectivity index (χ3v) is 11.0. The number of primary amides is 1. The highest BCUT2D eigenvalue weighted by Gasteiger charge is 2.33. The number of alkyl carbamates (subject to hydrolysis) is 1. The van der Waals surface area contributed by atoms with Gasteiger partial charge in [0.2, 0.25) is 42.8 Å². The van der Waals surface area contributed by atoms with E-state index in [4.69, 9.17) is 15.0 Å². The number of amides is 7. The molecule has 0 saturated carbocycles. The highest BCUT2D eigenvalue weighted by Crippen LogP contribution is 2.38. The first kappa shape index (κ1) is 54.4. The molecular formula is C48H63N8O12P. The van der Waals surface area contributed by atoms with Crippen molar-refractivity contribution < 1.29 is 57.3 Å². The van der Waals surface area contributed by atoms with Crippen LogP contribution in [0.25, 0.3) is 10.9 Å². The van der Waals surface area contributed by atoms with Gasteiger partial charge in [-0.1, -0.05) is 80.4 Å². The van der Waals surface area contributed by atoms with Gasteiger partial charge in [-0.25, -0.2) is 4.79 Å². The number of H-pyrrole nitrogens is 1. The number of aromatic amines is 1. The first-order valence-corrected chi connectivity index (χ1v) is 24.9. The molecule has 4 aromatic rings. The van der Waals surface area contributed by atoms with Crippen LogP contribution in [-0.2, 0) is 62.1 Å². The molecule has 69 heavy (non-hydrogen) atoms. The highest BCUT2D eigenvalue weighted by atomic mass is 31.2. The summed E-state index contributed by atoms with van der Waals surface area (Å²) in [5.74, 6) is -6.26. The van der Waals surface area contributed by atoms with E-state index in [9.17, 15) is 48.0 Å². The molecule has 3 aromatic carbocycles. The second kappa shape index (κ2) is 25.2. The monoisotopic (exact) mass is 974 g/mol. The Labute approximate surface area is 400 Å². The van der Waals surface area contributed by atoms with Crippen LogP contribution < -0.4 is 42.2 Å². The lowest BCUT2D eigenvalue weighted by Gasteiger charge is -2.26. The number of nitrogens with two attached hydrogens (primary N) is 1. The Hall–Kier alpha value is -7.21. The topological polar surface area (TPSA) is 306 Å². The molecule has 0 saturated heterocycles. The van der Waals surface area contributed by atoms with Crippen LogP contribution in [0.5, 0.6) is 5.75 Å². The Morgan fingerprint density at radius 1 is 0.696 bits per heavy atom. The zero-order chi connectivity index (χ0) is 50.9. The maximum Gasteiger partial charge on any atom is 0.408 e. The fourth-order valence-electron chi connectivity index (χ4n) is 7.05. The molecule has 4 rings (SSSR count). The van der Waals surface area contributed by atoms with Crippen molar-refractivity contribution in [1.82, 2.24) is 36.9 Å². The maximum absolute atomic E-state index is 14.3. The second-order valence-corrected chi connectivity index (χ2v) is 20.5. The van der Waals surface area contributed by atoms with Crippen LogP contribution >= 0.6 is 7.37 Å². The van der Waals surface area contributed by atoms with Crippen molar-refractivity contribution in [2.24, 2.45) is 5.73 Å². The van der Waals surface area contributed by atoms with E-state index in [1.165, 1.54) is 13.3 Å². The molecule has 20 nitrogen and oxygen atoms in total. The van der Waals surface area contributed by atoms with Crippen LogP contribution in [0, 0.1) is 0 Å². The van der Waals surface area contributed by atoms with Gasteiger partial charge in [0, 0.05) is 49.7 Å². The molecule has 7 amide bonds. The number of aromatic nitrogens is 1. The molecule has 5 atom stereocenters. The van der Waals surface area contributed by atoms with E-state index >= 15 is 0 Å². The summed E-state index contributed by atoms with van der Waals surface area (Å²) >= 11 is 0. The second-order valence-electron chi connectivity index (χ2n) is 17.8. The van der Waals surface area contributed by atoms with Gasteiger partial charge in [0.15, 0.2) is 0 Å². The van der Waals surface area contributed by atoms with Crippen molar-refractivity contribution in [3.63, 3.8) is 0 Å². The van der Waals surface area contributed by atoms with E-state index in [0.29, 0.717) is 35.3 Å². The fraction of sp³-hybridized carbons (Fsp3) is 0.417. The summed E-state index contributed by atoms with van der Waals surface area (Å²) in [6, 6.07) is 15.4. The van der Waals surface area contributed by atoms with E-state index in [1.54, 1.807) is 87.6 Å². The van der Waals surface area contributed by atoms with E-state index in [0.717, 1.165) is 10.9 Å². The number of nitrogens with one attached hydrogen (secondary N) is 7. The first-order chi connectivity index (χ1) is 32.5. The van der Waals surface area contributed by atoms with E-state index in [1.807, 2.05) is 25.1 Å². The summed E-state index contributed by atoms with van der Waals surface area (Å²) in [7, 11) is -2.86. The van der Waals surface area contributed by atoms with Gasteiger partial charge >= 0.3 is 12.1 Å². The van der Waals surface area contributed by atoms with Crippen molar-refractivity contribution in [3.8, 4) is 5.75 Å². The molecule has 10 N–H and O–H groups in total. The van der Waals surface area contributed by atoms with Gasteiger partial charge in [0.1, 0.15) is 41.6 Å². The molecule has 0 bridgehead atoms. The van der Waals surface area contributed by atoms with E-state index < -0.39 is 104 Å². The molecular weight excluding hydrogens is 912 g/mol. The average molecular weight is 975 g/mol. The summed E-state index contributed by atoms with van der Waals surface area (Å²) in [4.78, 5) is 109. The molecule has 0 fully saturated rings. The number of carboxylic acids is 1. The number of fused-ring (bicyclic) bond motifs is 1. The van der Waals surface area contributed by atoms with Crippen LogP contribution in [0.4, 0.5) is 4.79 Å². The van der Waals surface area contributed by atoms with Crippen molar-refractivity contribution in [2.45, 2.75) is 108 Å². The fourth-order valence-corrected chi connectivity index (χ4v) is 7.68. The van der Waals surface area contributed by atoms with Crippen molar-refractivity contribution in [1.29, 1.82) is 0 Å². The van der Waals surface area contributed by atoms with Gasteiger partial charge in [-0.05, 0) is 62.1 Å². The molecule has 0 unspecified atom stereocenters. The number of carbonyl (C=O) groups excluding carboxylic acids is 7. The largest absolute Gasteiger partial charge is 0.481 e. The van der Waals surface area contributed by atoms with Gasteiger partial charge in [-0.3, -0.25) is 38.1 Å². The van der Waals surface area contributed by atoms with Crippen LogP contribution in [0.2, 0.25) is 0 Å². The Morgan fingerprint density at radius 2 is 1.26 bits per heavy atom. The van der Waals surface area contributed by atoms with Crippen molar-refractivity contribution >= 4 is 65.8 Å². The minimum absolute atomic E-state index is 0.00307. The van der Waals surface area contributed by atoms with Crippen LogP contribution in [0.1, 0.15) is 70.1 Å². The highest BCUT2D eigenvalue weighted by molar-refractivity contribution is 7.57. The SMILES string of the molecule is CCCC[C@H](NC(=O)[C@H](Cc1c[nH]c2ccccc12)NC(=O)CNC(=O)[C@H](Cc1ccc(OP(C)(C)=O)cc1)NC(=O)OC(C)(C)C)C(=O)N[C@@H](CC(=O)O)C(=O)N[C@@H](Cc1ccccc1)C(N)=O. The Balaban J connectivity index is 1.54. The normalized spacial score (nSPS) is 13.6. The predicted octanol–water partition coefficient (Wildman–Crippen LogP) is 3.21. The Bertz CT molecular complexity index is 2490. The van der Waals surface area contributed by atoms with Gasteiger partial charge < -0.3 is 57.0 Å². The number of unbranched alkanes of at least 4 members (excludes halogenated alkanes) is 1. The van der Waals surface area contributed by atoms with Gasteiger partial charge in [-0.15, -0.1) is 0 Å². The lowest BCUT2D eigenvalue weighted by molar-refractivity contribution is -0.141. The molecule has 0 aliphatic rings. The standard InChI is InChI=1S/C48H63N8O12P/c1-7-8-17-35(44(62)55-39(26-41(58)59)46(64)54-36(42(49)60)23-29-14-10-9-11-15-29)53-45(63)38(25-31-27-50-34-18-13-12-16-33(31)34)52-40(57)28-51-43(61)37(56-47(65)67-48(2,3)4)24-30-19-21-32(22-20-30)68-69(5,6)66/h9-16,18-22,27,35-39,50H,7-8,17,23-26,28H2,1-6H3,(H2,49,60)(H,51,61)(H,52,57)(H,53,63)(H,54,64)(H,55,62)(H,56,65)(H,58,59)/t35-,36-,37-,38-,39-/m0/s1. The summed E-state index contributed by atoms with van der Waals surface area (Å²) in [6.45, 7) is 9.08. The third-order valence-electron chi connectivity index (χ3n) is 10.3. The predicted molar refractivity (Wildman–Crippen MR) is 257 cm³/mol. The first-order valence-electron chi connectivity index (χ1n) is 22.4. The average Bonchev–Trinajstić information content (AvgIpc) is 3.68. The van der Waals surface area contributed by atoms with Gasteiger partial charge in [0.05, 0.1) is 13.0 Å². The van der Waals surface area contributed by atoms with Gasteiger partial charge in [0.25, 0.3) is 0 Å². The summed E-state index contributed by atoms with van der Waals surface area (Å²) in [5.41, 5.74) is 7.29. The minimum Gasteiger partial charge on any atom is -0.481 e. The summed E-state index contributed by atoms with van der Waals surface area (Å²) < 4.78 is 23.0. The van der Waals surface area contributed by atoms with Crippen LogP contribution in [-0.4, -0.2) is 113 Å². The number of para-hydroxylation sites is 1. The zero-order valence-electron chi connectivity index (χ0n) is 39.6. The van der Waals surface area contributed by atoms with Crippen LogP contribution in [0.15, 0.2) is 85.1 Å². The third kappa shape index (κ3) is 18.8. The molecule has 1 aromatic heterocycles. The smallest absolute Gasteiger partial charge is 0.408 e. The lowest BCUT2D eigenvalue weighted by Crippen LogP contribution is -2.59. The summed E-state index contributed by atoms with van der Waals surface area (Å²) in [6.07, 6.45) is 0.805. The molecule has 0 aliphatic heterocycles. The molecule has 372 valence electrons. The molecule has 21 heteroatoms. The molecule has 1 heterocycles. The Morgan fingerprint density at radius 3 is 1.88 bits per heavy atom. The van der Waals surface area contributed by atoms with E-state index in [2.05, 4.69) is 36.9 Å². The number of aliphatic carboxylic acids is 1. The zero-order valence-corrected chi connectivity index (χ0v) is 40.5. The molecule has 0 radical (unpaired) electrons. The van der Waals surface area contributed by atoms with Crippen molar-refractivity contribution in [2.75, 3.05) is 19.9 Å². The lowest BCUT2D eigenvalue weighted by atomic mass is 10.0. The number of carboxylic acid groups (broad SMARTS) is 1. The number of hydrogen-bond acceptors (Lipinski definition) is 11. The minimum atomic E-state index is -2.86. The number of ether oxygens (including phenoxy) is 1. The number of carbonyl (C=O) groups is 8. The maximum atomic E-state index is 14.3. The summed E-state index contributed by atoms with van der Waals surface area (Å²) in [5, 5.41) is 25.7. The molecule has 0 aliphatic carbocycles. The number of rotatable bonds is 25. The van der Waals surface area contributed by atoms with E-state index in [-0.39, 0.29) is 25.7 Å². The Kier molecular flexibility index (Phi) is 19.9. The number of hydrogen-bond donors (Lipinski definition) is 9. The number of benzene rings is 3. The van der Waals surface area contributed by atoms with Crippen molar-refractivity contribution in [3.05, 3.63) is 102 Å². The van der Waals surface area contributed by atoms with Gasteiger partial charge in [-0.2, -0.15) is 0 Å². The van der Waals surface area contributed by atoms with Crippen LogP contribution in [0.3, 0.4) is 0 Å².